The lowest BCUT2D eigenvalue weighted by molar-refractivity contribution is -0.690. The molecule has 0 N–H and O–H groups in total. The summed E-state index contributed by atoms with van der Waals surface area (Å²) < 4.78 is 14.7. The molecule has 1 aromatic carbocycles. The zero-order valence-electron chi connectivity index (χ0n) is 23.7. The van der Waals surface area contributed by atoms with Crippen LogP contribution in [-0.2, 0) is 26.2 Å². The number of rotatable bonds is 1. The van der Waals surface area contributed by atoms with Gasteiger partial charge in [0, 0.05) is 48.5 Å². The fraction of sp³-hybridized carbons (Fsp3) is 0.139. The molecule has 12 heterocycles. The number of ether oxygens (including phenoxy) is 1. The summed E-state index contributed by atoms with van der Waals surface area (Å²) >= 11 is 0. The highest BCUT2D eigenvalue weighted by molar-refractivity contribution is 5.61. The van der Waals surface area contributed by atoms with Gasteiger partial charge in [-0.2, -0.15) is 9.13 Å². The van der Waals surface area contributed by atoms with Gasteiger partial charge in [-0.1, -0.05) is 12.1 Å². The average Bonchev–Trinajstić information content (AvgIpc) is 3.03. The molecule has 6 aromatic rings. The predicted molar refractivity (Wildman–Crippen MR) is 158 cm³/mol. The summed E-state index contributed by atoms with van der Waals surface area (Å²) in [5, 5.41) is 0. The highest BCUT2D eigenvalue weighted by atomic mass is 16.5. The van der Waals surface area contributed by atoms with Gasteiger partial charge in [0.1, 0.15) is 17.1 Å². The minimum absolute atomic E-state index is 0.724. The second-order valence-corrected chi connectivity index (χ2v) is 10.8. The van der Waals surface area contributed by atoms with E-state index in [9.17, 15) is 0 Å². The van der Waals surface area contributed by atoms with Crippen LogP contribution in [0.2, 0.25) is 0 Å². The summed E-state index contributed by atoms with van der Waals surface area (Å²) in [7, 11) is 1.76. The van der Waals surface area contributed by atoms with Crippen molar-refractivity contribution in [2.75, 3.05) is 7.11 Å². The summed E-state index contributed by atoms with van der Waals surface area (Å²) in [6.45, 7) is 2.91. The number of pyridine rings is 5. The van der Waals surface area contributed by atoms with E-state index >= 15 is 0 Å². The number of methoxy groups -OCH3 is 1. The van der Waals surface area contributed by atoms with Crippen LogP contribution < -0.4 is 23.0 Å². The van der Waals surface area contributed by atoms with Gasteiger partial charge in [-0.3, -0.25) is 0 Å². The average molecular weight is 552 g/mol. The number of nitrogens with zero attached hydrogens (tertiary/aromatic N) is 5. The van der Waals surface area contributed by atoms with E-state index in [1.54, 1.807) is 7.11 Å². The van der Waals surface area contributed by atoms with E-state index in [0.29, 0.717) is 0 Å². The SMILES string of the molecule is COc1c2cccc1C[n+]1ccc(cc1)-c1cc[n+](cc1)Cc1cccc(n1)C[n+]1ccc(cc1)-c1cc[n+](cc1)C2. The molecule has 0 saturated carbocycles. The van der Waals surface area contributed by atoms with Crippen LogP contribution >= 0.6 is 0 Å². The largest absolute Gasteiger partial charge is 0.496 e. The molecule has 7 aliphatic heterocycles. The molecule has 0 spiro atoms. The van der Waals surface area contributed by atoms with E-state index in [2.05, 4.69) is 153 Å². The van der Waals surface area contributed by atoms with Gasteiger partial charge in [0.2, 0.25) is 0 Å². The summed E-state index contributed by atoms with van der Waals surface area (Å²) in [6.07, 6.45) is 17.1. The predicted octanol–water partition coefficient (Wildman–Crippen LogP) is 4.08. The Hall–Kier alpha value is -5.23. The van der Waals surface area contributed by atoms with E-state index in [1.165, 1.54) is 22.3 Å². The molecule has 0 aliphatic carbocycles. The molecule has 5 aromatic heterocycles. The lowest BCUT2D eigenvalue weighted by Gasteiger charge is -2.11. The van der Waals surface area contributed by atoms with Gasteiger partial charge in [-0.25, -0.2) is 14.1 Å². The topological polar surface area (TPSA) is 37.6 Å². The van der Waals surface area contributed by atoms with Gasteiger partial charge >= 0.3 is 0 Å². The maximum Gasteiger partial charge on any atom is 0.190 e. The molecule has 13 rings (SSSR count). The van der Waals surface area contributed by atoms with Crippen molar-refractivity contribution in [2.45, 2.75) is 26.2 Å². The third kappa shape index (κ3) is 5.52. The molecule has 0 amide bonds. The van der Waals surface area contributed by atoms with Crippen LogP contribution in [0.15, 0.2) is 135 Å². The monoisotopic (exact) mass is 551 g/mol. The smallest absolute Gasteiger partial charge is 0.190 e. The van der Waals surface area contributed by atoms with Crippen molar-refractivity contribution in [1.82, 2.24) is 4.98 Å². The maximum absolute atomic E-state index is 5.94. The fourth-order valence-electron chi connectivity index (χ4n) is 5.64. The molecule has 0 unspecified atom stereocenters. The standard InChI is InChI=1S/C36H33N5O/c1-42-36-32-4-2-5-33(36)25-39-18-10-29(11-19-39)31-14-22-41(23-15-31)27-35-7-3-6-34(37-35)26-40-20-12-30(13-21-40)28-8-16-38(24-32)17-9-28/h2-23H,24-27H2,1H3/q+4. The first-order valence-electron chi connectivity index (χ1n) is 14.3. The maximum atomic E-state index is 5.94. The summed E-state index contributed by atoms with van der Waals surface area (Å²) in [5.74, 6) is 0.937. The second kappa shape index (κ2) is 11.3. The lowest BCUT2D eigenvalue weighted by Crippen LogP contribution is -2.35. The number of aromatic nitrogens is 5. The molecule has 6 heteroatoms. The Kier molecular flexibility index (Phi) is 6.94. The molecule has 0 saturated heterocycles. The van der Waals surface area contributed by atoms with Crippen LogP contribution in [0.3, 0.4) is 0 Å². The van der Waals surface area contributed by atoms with Crippen molar-refractivity contribution in [3.63, 3.8) is 0 Å². The molecule has 7 aliphatic rings. The number of hydrogen-bond donors (Lipinski definition) is 0. The number of hydrogen-bond acceptors (Lipinski definition) is 2. The van der Waals surface area contributed by atoms with Crippen LogP contribution in [0.1, 0.15) is 22.5 Å². The minimum Gasteiger partial charge on any atom is -0.496 e. The van der Waals surface area contributed by atoms with Gasteiger partial charge in [0.25, 0.3) is 0 Å². The van der Waals surface area contributed by atoms with Crippen molar-refractivity contribution in [1.29, 1.82) is 0 Å². The van der Waals surface area contributed by atoms with Gasteiger partial charge in [0.05, 0.1) is 18.2 Å². The molecular formula is C36H33N5O+4. The molecule has 0 radical (unpaired) electrons. The first-order chi connectivity index (χ1) is 20.7. The van der Waals surface area contributed by atoms with Gasteiger partial charge in [0.15, 0.2) is 75.8 Å². The van der Waals surface area contributed by atoms with Crippen LogP contribution in [-0.4, -0.2) is 12.1 Å². The van der Waals surface area contributed by atoms with Gasteiger partial charge < -0.3 is 4.74 Å². The Bertz CT molecular complexity index is 1700. The summed E-state index contributed by atoms with van der Waals surface area (Å²) in [5.41, 5.74) is 9.13. The Balaban J connectivity index is 1.26. The van der Waals surface area contributed by atoms with Crippen molar-refractivity contribution in [2.24, 2.45) is 0 Å². The van der Waals surface area contributed by atoms with Gasteiger partial charge in [-0.15, -0.1) is 0 Å². The van der Waals surface area contributed by atoms with E-state index in [4.69, 9.17) is 9.72 Å². The van der Waals surface area contributed by atoms with Crippen molar-refractivity contribution >= 4 is 0 Å². The molecule has 204 valence electrons. The molecular weight excluding hydrogens is 518 g/mol. The van der Waals surface area contributed by atoms with Crippen molar-refractivity contribution in [3.05, 3.63) is 157 Å². The van der Waals surface area contributed by atoms with Gasteiger partial charge in [-0.05, 0) is 46.5 Å². The van der Waals surface area contributed by atoms with Crippen LogP contribution in [0.25, 0.3) is 22.3 Å². The van der Waals surface area contributed by atoms with E-state index in [1.807, 2.05) is 0 Å². The summed E-state index contributed by atoms with van der Waals surface area (Å²) in [4.78, 5) is 4.94. The summed E-state index contributed by atoms with van der Waals surface area (Å²) in [6, 6.07) is 30.1. The Morgan fingerprint density at radius 2 is 0.786 bits per heavy atom. The third-order valence-corrected chi connectivity index (χ3v) is 7.87. The zero-order valence-corrected chi connectivity index (χ0v) is 23.7. The number of para-hydroxylation sites is 1. The van der Waals surface area contributed by atoms with E-state index in [-0.39, 0.29) is 0 Å². The molecule has 6 nitrogen and oxygen atoms in total. The number of benzene rings is 1. The minimum atomic E-state index is 0.724. The zero-order chi connectivity index (χ0) is 28.3. The van der Waals surface area contributed by atoms with Crippen LogP contribution in [0.5, 0.6) is 5.75 Å². The quantitative estimate of drug-likeness (QED) is 0.289. The lowest BCUT2D eigenvalue weighted by atomic mass is 10.1. The Morgan fingerprint density at radius 1 is 0.452 bits per heavy atom. The highest BCUT2D eigenvalue weighted by Gasteiger charge is 2.17. The molecule has 42 heavy (non-hydrogen) atoms. The molecule has 0 fully saturated rings. The first-order valence-corrected chi connectivity index (χ1v) is 14.3. The first kappa shape index (κ1) is 25.7. The van der Waals surface area contributed by atoms with Crippen molar-refractivity contribution < 1.29 is 23.0 Å². The molecule has 12 bridgehead atoms. The normalized spacial score (nSPS) is 12.5. The van der Waals surface area contributed by atoms with Crippen LogP contribution in [0, 0.1) is 0 Å². The molecule has 0 atom stereocenters. The Morgan fingerprint density at radius 3 is 1.14 bits per heavy atom. The highest BCUT2D eigenvalue weighted by Crippen LogP contribution is 2.24. The fourth-order valence-corrected chi connectivity index (χ4v) is 5.64. The Labute approximate surface area is 246 Å². The van der Waals surface area contributed by atoms with E-state index < -0.39 is 0 Å². The van der Waals surface area contributed by atoms with Crippen LogP contribution in [0.4, 0.5) is 0 Å². The van der Waals surface area contributed by atoms with E-state index in [0.717, 1.165) is 54.4 Å². The van der Waals surface area contributed by atoms with Crippen molar-refractivity contribution in [3.8, 4) is 28.0 Å². The second-order valence-electron chi connectivity index (χ2n) is 10.8. The third-order valence-electron chi connectivity index (χ3n) is 7.87.